The molecule has 0 aliphatic heterocycles. The van der Waals surface area contributed by atoms with Crippen molar-refractivity contribution < 1.29 is 18.0 Å². The Morgan fingerprint density at radius 3 is 2.44 bits per heavy atom. The summed E-state index contributed by atoms with van der Waals surface area (Å²) in [4.78, 5) is 39.6. The second kappa shape index (κ2) is 7.00. The van der Waals surface area contributed by atoms with Crippen molar-refractivity contribution in [3.63, 3.8) is 0 Å². The summed E-state index contributed by atoms with van der Waals surface area (Å²) in [5.41, 5.74) is 0.00233. The number of hydrogen-bond donors (Lipinski definition) is 2. The zero-order chi connectivity index (χ0) is 19.6. The van der Waals surface area contributed by atoms with Crippen molar-refractivity contribution >= 4 is 33.2 Å². The molecule has 10 heteroatoms. The number of nitrogens with one attached hydrogen (secondary N) is 2. The average Bonchev–Trinajstić information content (AvgIpc) is 2.61. The van der Waals surface area contributed by atoms with Gasteiger partial charge in [0, 0.05) is 25.0 Å². The van der Waals surface area contributed by atoms with Gasteiger partial charge in [0.05, 0.1) is 4.90 Å². The molecule has 0 atom stereocenters. The minimum Gasteiger partial charge on any atom is -0.322 e. The Labute approximate surface area is 153 Å². The van der Waals surface area contributed by atoms with Crippen LogP contribution in [-0.4, -0.2) is 29.6 Å². The van der Waals surface area contributed by atoms with Gasteiger partial charge in [0.1, 0.15) is 11.2 Å². The van der Waals surface area contributed by atoms with E-state index in [0.717, 1.165) is 6.92 Å². The van der Waals surface area contributed by atoms with Gasteiger partial charge in [-0.1, -0.05) is 6.07 Å². The molecule has 0 unspecified atom stereocenters. The van der Waals surface area contributed by atoms with Crippen LogP contribution in [0.3, 0.4) is 0 Å². The second-order valence-corrected chi connectivity index (χ2v) is 7.23. The summed E-state index contributed by atoms with van der Waals surface area (Å²) in [5, 5.41) is 2.51. The number of hydrogen-bond acceptors (Lipinski definition) is 6. The molecule has 0 bridgehead atoms. The number of sulfonamides is 1. The molecule has 0 aliphatic carbocycles. The predicted octanol–water partition coefficient (Wildman–Crippen LogP) is 0.772. The Bertz CT molecular complexity index is 1200. The first-order valence-corrected chi connectivity index (χ1v) is 9.17. The summed E-state index contributed by atoms with van der Waals surface area (Å²) in [6.07, 6.45) is 2.69. The van der Waals surface area contributed by atoms with Gasteiger partial charge in [0.25, 0.3) is 21.5 Å². The fraction of sp³-hybridized carbons (Fsp3) is 0.0588. The monoisotopic (exact) mass is 386 g/mol. The highest BCUT2D eigenvalue weighted by atomic mass is 32.2. The minimum atomic E-state index is -3.96. The molecule has 1 aromatic carbocycles. The van der Waals surface area contributed by atoms with Crippen molar-refractivity contribution in [1.29, 1.82) is 0 Å². The standard InChI is InChI=1S/C17H14N4O5S/c1-11(22)20-27(25,26)13-7-5-12(6-8-13)19-16(23)14-10-18-15-4-2-3-9-21(15)17(14)24/h2-10H,1H3,(H,19,23)(H,20,22). The lowest BCUT2D eigenvalue weighted by Crippen LogP contribution is -2.28. The molecule has 0 radical (unpaired) electrons. The number of carbonyl (C=O) groups is 2. The number of anilines is 1. The number of fused-ring (bicyclic) bond motifs is 1. The number of nitrogens with zero attached hydrogens (tertiary/aromatic N) is 2. The average molecular weight is 386 g/mol. The maximum Gasteiger partial charge on any atom is 0.270 e. The van der Waals surface area contributed by atoms with Crippen molar-refractivity contribution in [2.75, 3.05) is 5.32 Å². The van der Waals surface area contributed by atoms with E-state index in [4.69, 9.17) is 0 Å². The Morgan fingerprint density at radius 2 is 1.78 bits per heavy atom. The van der Waals surface area contributed by atoms with E-state index >= 15 is 0 Å². The van der Waals surface area contributed by atoms with Gasteiger partial charge in [-0.25, -0.2) is 18.1 Å². The molecule has 27 heavy (non-hydrogen) atoms. The van der Waals surface area contributed by atoms with Crippen LogP contribution >= 0.6 is 0 Å². The molecule has 9 nitrogen and oxygen atoms in total. The van der Waals surface area contributed by atoms with Gasteiger partial charge >= 0.3 is 0 Å². The van der Waals surface area contributed by atoms with Gasteiger partial charge in [-0.05, 0) is 36.4 Å². The van der Waals surface area contributed by atoms with Crippen LogP contribution in [0.4, 0.5) is 5.69 Å². The van der Waals surface area contributed by atoms with Crippen LogP contribution in [0.15, 0.2) is 64.5 Å². The summed E-state index contributed by atoms with van der Waals surface area (Å²) < 4.78 is 26.9. The first-order valence-electron chi connectivity index (χ1n) is 7.69. The molecule has 2 amide bonds. The third-order valence-corrected chi connectivity index (χ3v) is 5.01. The van der Waals surface area contributed by atoms with E-state index in [9.17, 15) is 22.8 Å². The first kappa shape index (κ1) is 18.3. The molecule has 138 valence electrons. The van der Waals surface area contributed by atoms with E-state index in [0.29, 0.717) is 5.65 Å². The van der Waals surface area contributed by atoms with Crippen molar-refractivity contribution in [1.82, 2.24) is 14.1 Å². The molecule has 3 rings (SSSR count). The SMILES string of the molecule is CC(=O)NS(=O)(=O)c1ccc(NC(=O)c2cnc3ccccn3c2=O)cc1. The third kappa shape index (κ3) is 3.85. The smallest absolute Gasteiger partial charge is 0.270 e. The van der Waals surface area contributed by atoms with Crippen molar-refractivity contribution in [2.24, 2.45) is 0 Å². The van der Waals surface area contributed by atoms with Crippen LogP contribution < -0.4 is 15.6 Å². The molecule has 0 aliphatic rings. The summed E-state index contributed by atoms with van der Waals surface area (Å²) in [6, 6.07) is 10.2. The lowest BCUT2D eigenvalue weighted by Gasteiger charge is -2.08. The van der Waals surface area contributed by atoms with E-state index in [1.165, 1.54) is 41.1 Å². The molecule has 2 N–H and O–H groups in total. The maximum atomic E-state index is 12.4. The normalized spacial score (nSPS) is 11.1. The Hall–Kier alpha value is -3.53. The van der Waals surface area contributed by atoms with E-state index in [2.05, 4.69) is 10.3 Å². The van der Waals surface area contributed by atoms with Crippen LogP contribution in [0.2, 0.25) is 0 Å². The van der Waals surface area contributed by atoms with Gasteiger partial charge < -0.3 is 5.32 Å². The van der Waals surface area contributed by atoms with Crippen LogP contribution in [0.5, 0.6) is 0 Å². The Balaban J connectivity index is 1.84. The fourth-order valence-electron chi connectivity index (χ4n) is 2.35. The topological polar surface area (TPSA) is 127 Å². The number of benzene rings is 1. The van der Waals surface area contributed by atoms with E-state index in [1.54, 1.807) is 18.2 Å². The highest BCUT2D eigenvalue weighted by Gasteiger charge is 2.16. The van der Waals surface area contributed by atoms with Gasteiger partial charge in [-0.3, -0.25) is 18.8 Å². The predicted molar refractivity (Wildman–Crippen MR) is 96.9 cm³/mol. The summed E-state index contributed by atoms with van der Waals surface area (Å²) in [7, 11) is -3.96. The Kier molecular flexibility index (Phi) is 4.74. The van der Waals surface area contributed by atoms with E-state index < -0.39 is 27.4 Å². The fourth-order valence-corrected chi connectivity index (χ4v) is 3.34. The largest absolute Gasteiger partial charge is 0.322 e. The lowest BCUT2D eigenvalue weighted by atomic mass is 10.2. The zero-order valence-corrected chi connectivity index (χ0v) is 14.9. The highest BCUT2D eigenvalue weighted by molar-refractivity contribution is 7.90. The zero-order valence-electron chi connectivity index (χ0n) is 14.0. The van der Waals surface area contributed by atoms with Crippen LogP contribution in [0, 0.1) is 0 Å². The molecule has 0 saturated carbocycles. The molecule has 0 spiro atoms. The number of aromatic nitrogens is 2. The minimum absolute atomic E-state index is 0.136. The van der Waals surface area contributed by atoms with Crippen molar-refractivity contribution in [3.05, 3.63) is 70.8 Å². The molecular weight excluding hydrogens is 372 g/mol. The number of pyridine rings is 1. The van der Waals surface area contributed by atoms with Crippen molar-refractivity contribution in [3.8, 4) is 0 Å². The van der Waals surface area contributed by atoms with Crippen LogP contribution in [-0.2, 0) is 14.8 Å². The van der Waals surface area contributed by atoms with Crippen LogP contribution in [0.1, 0.15) is 17.3 Å². The first-order chi connectivity index (χ1) is 12.8. The Morgan fingerprint density at radius 1 is 1.07 bits per heavy atom. The summed E-state index contributed by atoms with van der Waals surface area (Å²) in [5.74, 6) is -1.39. The maximum absolute atomic E-state index is 12.4. The molecule has 0 fully saturated rings. The van der Waals surface area contributed by atoms with Gasteiger partial charge in [-0.15, -0.1) is 0 Å². The van der Waals surface area contributed by atoms with E-state index in [1.807, 2.05) is 4.72 Å². The number of rotatable bonds is 4. The van der Waals surface area contributed by atoms with Crippen molar-refractivity contribution in [2.45, 2.75) is 11.8 Å². The molecular formula is C17H14N4O5S. The second-order valence-electron chi connectivity index (χ2n) is 5.55. The molecule has 3 aromatic rings. The highest BCUT2D eigenvalue weighted by Crippen LogP contribution is 2.14. The van der Waals surface area contributed by atoms with E-state index in [-0.39, 0.29) is 16.1 Å². The van der Waals surface area contributed by atoms with Gasteiger partial charge in [-0.2, -0.15) is 0 Å². The summed E-state index contributed by atoms with van der Waals surface area (Å²) in [6.45, 7) is 1.09. The van der Waals surface area contributed by atoms with Crippen LogP contribution in [0.25, 0.3) is 5.65 Å². The third-order valence-electron chi connectivity index (χ3n) is 3.56. The quantitative estimate of drug-likeness (QED) is 0.682. The van der Waals surface area contributed by atoms with Gasteiger partial charge in [0.2, 0.25) is 5.91 Å². The number of amides is 2. The number of carbonyl (C=O) groups excluding carboxylic acids is 2. The van der Waals surface area contributed by atoms with Gasteiger partial charge in [0.15, 0.2) is 0 Å². The molecule has 0 saturated heterocycles. The lowest BCUT2D eigenvalue weighted by molar-refractivity contribution is -0.117. The molecule has 2 aromatic heterocycles. The molecule has 2 heterocycles. The summed E-state index contributed by atoms with van der Waals surface area (Å²) >= 11 is 0.